The van der Waals surface area contributed by atoms with Crippen LogP contribution in [0.1, 0.15) is 62.1 Å². The average Bonchev–Trinajstić information content (AvgIpc) is 2.42. The molecular weight excluding hydrogens is 246 g/mol. The van der Waals surface area contributed by atoms with Crippen molar-refractivity contribution in [1.82, 2.24) is 5.32 Å². The van der Waals surface area contributed by atoms with Crippen LogP contribution in [0.4, 0.5) is 0 Å². The van der Waals surface area contributed by atoms with Gasteiger partial charge in [-0.25, -0.2) is 0 Å². The number of aryl methyl sites for hydroxylation is 2. The Labute approximate surface area is 124 Å². The van der Waals surface area contributed by atoms with Crippen LogP contribution in [-0.2, 0) is 0 Å². The van der Waals surface area contributed by atoms with Crippen molar-refractivity contribution in [2.75, 3.05) is 13.2 Å². The first kappa shape index (κ1) is 17.2. The van der Waals surface area contributed by atoms with Crippen molar-refractivity contribution in [3.8, 4) is 0 Å². The summed E-state index contributed by atoms with van der Waals surface area (Å²) in [7, 11) is 0. The van der Waals surface area contributed by atoms with Gasteiger partial charge in [0.1, 0.15) is 0 Å². The quantitative estimate of drug-likeness (QED) is 0.670. The predicted octanol–water partition coefficient (Wildman–Crippen LogP) is 3.94. The van der Waals surface area contributed by atoms with Crippen molar-refractivity contribution in [2.24, 2.45) is 0 Å². The van der Waals surface area contributed by atoms with Crippen LogP contribution in [0.3, 0.4) is 0 Å². The van der Waals surface area contributed by atoms with E-state index in [2.05, 4.69) is 51.2 Å². The van der Waals surface area contributed by atoms with Gasteiger partial charge in [-0.15, -0.1) is 0 Å². The standard InChI is InChI=1S/C18H31NO/c1-5-6-7-11-16(4)19-12-17(13-20)18-14(2)9-8-10-15(18)3/h8-10,16-17,19-20H,5-7,11-13H2,1-4H3. The smallest absolute Gasteiger partial charge is 0.0512 e. The van der Waals surface area contributed by atoms with Crippen molar-refractivity contribution >= 4 is 0 Å². The van der Waals surface area contributed by atoms with Gasteiger partial charge in [-0.1, -0.05) is 44.4 Å². The van der Waals surface area contributed by atoms with Gasteiger partial charge in [-0.3, -0.25) is 0 Å². The second kappa shape index (κ2) is 9.15. The maximum Gasteiger partial charge on any atom is 0.0512 e. The van der Waals surface area contributed by atoms with Gasteiger partial charge in [-0.2, -0.15) is 0 Å². The summed E-state index contributed by atoms with van der Waals surface area (Å²) in [5, 5.41) is 13.3. The molecule has 1 rings (SSSR count). The fourth-order valence-corrected chi connectivity index (χ4v) is 2.88. The molecule has 2 heteroatoms. The molecule has 2 nitrogen and oxygen atoms in total. The largest absolute Gasteiger partial charge is 0.396 e. The predicted molar refractivity (Wildman–Crippen MR) is 87.3 cm³/mol. The summed E-state index contributed by atoms with van der Waals surface area (Å²) in [6.07, 6.45) is 5.09. The molecule has 1 aromatic carbocycles. The van der Waals surface area contributed by atoms with Crippen LogP contribution in [0.2, 0.25) is 0 Å². The SMILES string of the molecule is CCCCCC(C)NCC(CO)c1c(C)cccc1C. The molecule has 0 saturated carbocycles. The first-order valence-electron chi connectivity index (χ1n) is 8.00. The third kappa shape index (κ3) is 5.26. The lowest BCUT2D eigenvalue weighted by atomic mass is 9.91. The first-order valence-corrected chi connectivity index (χ1v) is 8.00. The third-order valence-electron chi connectivity index (χ3n) is 4.12. The molecule has 2 atom stereocenters. The molecule has 0 aliphatic rings. The maximum atomic E-state index is 9.72. The molecule has 114 valence electrons. The van der Waals surface area contributed by atoms with E-state index in [1.807, 2.05) is 0 Å². The second-order valence-corrected chi connectivity index (χ2v) is 5.99. The van der Waals surface area contributed by atoms with E-state index >= 15 is 0 Å². The number of aliphatic hydroxyl groups is 1. The van der Waals surface area contributed by atoms with Gasteiger partial charge in [0.2, 0.25) is 0 Å². The van der Waals surface area contributed by atoms with E-state index in [1.165, 1.54) is 42.4 Å². The molecule has 0 fully saturated rings. The topological polar surface area (TPSA) is 32.3 Å². The molecule has 1 aromatic rings. The molecule has 0 amide bonds. The van der Waals surface area contributed by atoms with Gasteiger partial charge in [0.25, 0.3) is 0 Å². The summed E-state index contributed by atoms with van der Waals surface area (Å²) in [4.78, 5) is 0. The molecule has 2 unspecified atom stereocenters. The Morgan fingerprint density at radius 2 is 1.80 bits per heavy atom. The molecular formula is C18H31NO. The zero-order valence-corrected chi connectivity index (χ0v) is 13.6. The molecule has 20 heavy (non-hydrogen) atoms. The van der Waals surface area contributed by atoms with E-state index in [0.717, 1.165) is 6.54 Å². The van der Waals surface area contributed by atoms with Crippen LogP contribution in [0, 0.1) is 13.8 Å². The number of hydrogen-bond acceptors (Lipinski definition) is 2. The lowest BCUT2D eigenvalue weighted by molar-refractivity contribution is 0.257. The summed E-state index contributed by atoms with van der Waals surface area (Å²) >= 11 is 0. The minimum Gasteiger partial charge on any atom is -0.396 e. The Kier molecular flexibility index (Phi) is 7.86. The minimum absolute atomic E-state index is 0.199. The van der Waals surface area contributed by atoms with E-state index in [-0.39, 0.29) is 12.5 Å². The molecule has 0 aliphatic heterocycles. The number of rotatable bonds is 9. The van der Waals surface area contributed by atoms with Gasteiger partial charge in [-0.05, 0) is 43.9 Å². The number of benzene rings is 1. The maximum absolute atomic E-state index is 9.72. The number of hydrogen-bond donors (Lipinski definition) is 2. The fraction of sp³-hybridized carbons (Fsp3) is 0.667. The number of nitrogens with one attached hydrogen (secondary N) is 1. The lowest BCUT2D eigenvalue weighted by Crippen LogP contribution is -2.32. The van der Waals surface area contributed by atoms with Crippen molar-refractivity contribution in [1.29, 1.82) is 0 Å². The van der Waals surface area contributed by atoms with Crippen LogP contribution in [0.15, 0.2) is 18.2 Å². The van der Waals surface area contributed by atoms with Crippen LogP contribution < -0.4 is 5.32 Å². The summed E-state index contributed by atoms with van der Waals surface area (Å²) in [5.74, 6) is 0.199. The Hall–Kier alpha value is -0.860. The highest BCUT2D eigenvalue weighted by Crippen LogP contribution is 2.23. The van der Waals surface area contributed by atoms with E-state index in [9.17, 15) is 5.11 Å². The minimum atomic E-state index is 0.199. The molecule has 0 aromatic heterocycles. The molecule has 0 spiro atoms. The van der Waals surface area contributed by atoms with Gasteiger partial charge in [0.15, 0.2) is 0 Å². The molecule has 0 saturated heterocycles. The number of unbranched alkanes of at least 4 members (excludes halogenated alkanes) is 2. The zero-order valence-electron chi connectivity index (χ0n) is 13.6. The van der Waals surface area contributed by atoms with E-state index in [4.69, 9.17) is 0 Å². The zero-order chi connectivity index (χ0) is 15.0. The van der Waals surface area contributed by atoms with Crippen molar-refractivity contribution in [3.63, 3.8) is 0 Å². The van der Waals surface area contributed by atoms with Crippen molar-refractivity contribution < 1.29 is 5.11 Å². The average molecular weight is 277 g/mol. The monoisotopic (exact) mass is 277 g/mol. The lowest BCUT2D eigenvalue weighted by Gasteiger charge is -2.22. The highest BCUT2D eigenvalue weighted by Gasteiger charge is 2.15. The normalized spacial score (nSPS) is 14.2. The number of aliphatic hydroxyl groups excluding tert-OH is 1. The summed E-state index contributed by atoms with van der Waals surface area (Å²) in [6.45, 7) is 9.82. The highest BCUT2D eigenvalue weighted by molar-refractivity contribution is 5.36. The molecule has 0 radical (unpaired) electrons. The van der Waals surface area contributed by atoms with E-state index in [1.54, 1.807) is 0 Å². The van der Waals surface area contributed by atoms with Crippen LogP contribution >= 0.6 is 0 Å². The molecule has 2 N–H and O–H groups in total. The third-order valence-corrected chi connectivity index (χ3v) is 4.12. The van der Waals surface area contributed by atoms with Gasteiger partial charge < -0.3 is 10.4 Å². The van der Waals surface area contributed by atoms with Crippen LogP contribution in [0.5, 0.6) is 0 Å². The van der Waals surface area contributed by atoms with Gasteiger partial charge >= 0.3 is 0 Å². The molecule has 0 bridgehead atoms. The van der Waals surface area contributed by atoms with E-state index < -0.39 is 0 Å². The van der Waals surface area contributed by atoms with E-state index in [0.29, 0.717) is 6.04 Å². The summed E-state index contributed by atoms with van der Waals surface area (Å²) < 4.78 is 0. The molecule has 0 heterocycles. The first-order chi connectivity index (χ1) is 9.60. The van der Waals surface area contributed by atoms with Crippen LogP contribution in [0.25, 0.3) is 0 Å². The fourth-order valence-electron chi connectivity index (χ4n) is 2.88. The van der Waals surface area contributed by atoms with Crippen molar-refractivity contribution in [2.45, 2.75) is 65.3 Å². The van der Waals surface area contributed by atoms with Crippen LogP contribution in [-0.4, -0.2) is 24.3 Å². The highest BCUT2D eigenvalue weighted by atomic mass is 16.3. The van der Waals surface area contributed by atoms with Gasteiger partial charge in [0, 0.05) is 18.5 Å². The second-order valence-electron chi connectivity index (χ2n) is 5.99. The Bertz CT molecular complexity index is 369. The summed E-state index contributed by atoms with van der Waals surface area (Å²) in [5.41, 5.74) is 3.87. The summed E-state index contributed by atoms with van der Waals surface area (Å²) in [6, 6.07) is 6.88. The Morgan fingerprint density at radius 1 is 1.15 bits per heavy atom. The van der Waals surface area contributed by atoms with Gasteiger partial charge in [0.05, 0.1) is 6.61 Å². The Balaban J connectivity index is 2.55. The molecule has 0 aliphatic carbocycles. The van der Waals surface area contributed by atoms with Crippen molar-refractivity contribution in [3.05, 3.63) is 34.9 Å². The Morgan fingerprint density at radius 3 is 2.35 bits per heavy atom.